The summed E-state index contributed by atoms with van der Waals surface area (Å²) >= 11 is 0. The Kier molecular flexibility index (Phi) is 4.60. The first-order valence-electron chi connectivity index (χ1n) is 8.02. The van der Waals surface area contributed by atoms with Gasteiger partial charge in [-0.1, -0.05) is 0 Å². The van der Waals surface area contributed by atoms with Crippen molar-refractivity contribution in [1.29, 1.82) is 0 Å². The number of carboxylic acid groups (broad SMARTS) is 1. The fourth-order valence-corrected chi connectivity index (χ4v) is 4.69. The fraction of sp³-hybridized carbons (Fsp3) is 0.500. The summed E-state index contributed by atoms with van der Waals surface area (Å²) in [5.41, 5.74) is 0.376. The Hall–Kier alpha value is -1.93. The second-order valence-electron chi connectivity index (χ2n) is 6.21. The third-order valence-corrected chi connectivity index (χ3v) is 6.54. The summed E-state index contributed by atoms with van der Waals surface area (Å²) in [4.78, 5) is 25.1. The average molecular weight is 352 g/mol. The number of likely N-dealkylation sites (tertiary alicyclic amines) is 1. The molecule has 0 aromatic heterocycles. The van der Waals surface area contributed by atoms with Crippen LogP contribution in [0, 0.1) is 5.92 Å². The van der Waals surface area contributed by atoms with E-state index in [-0.39, 0.29) is 17.3 Å². The zero-order valence-electron chi connectivity index (χ0n) is 13.2. The third-order valence-electron chi connectivity index (χ3n) is 4.63. The van der Waals surface area contributed by atoms with Gasteiger partial charge in [0.2, 0.25) is 10.0 Å². The van der Waals surface area contributed by atoms with Crippen molar-refractivity contribution in [2.24, 2.45) is 5.92 Å². The second kappa shape index (κ2) is 6.52. The molecule has 8 heteroatoms. The maximum Gasteiger partial charge on any atom is 0.308 e. The van der Waals surface area contributed by atoms with E-state index in [4.69, 9.17) is 5.11 Å². The number of sulfonamides is 1. The van der Waals surface area contributed by atoms with Gasteiger partial charge in [0.25, 0.3) is 5.91 Å². The Morgan fingerprint density at radius 1 is 1.04 bits per heavy atom. The summed E-state index contributed by atoms with van der Waals surface area (Å²) in [6.45, 7) is 1.67. The van der Waals surface area contributed by atoms with Gasteiger partial charge in [-0.3, -0.25) is 9.59 Å². The van der Waals surface area contributed by atoms with E-state index in [2.05, 4.69) is 0 Å². The molecule has 0 spiro atoms. The normalized spacial score (nSPS) is 22.0. The lowest BCUT2D eigenvalue weighted by molar-refractivity contribution is -0.141. The zero-order chi connectivity index (χ0) is 17.3. The molecule has 0 radical (unpaired) electrons. The Morgan fingerprint density at radius 3 is 2.21 bits per heavy atom. The van der Waals surface area contributed by atoms with Crippen LogP contribution in [-0.2, 0) is 14.8 Å². The highest BCUT2D eigenvalue weighted by molar-refractivity contribution is 7.89. The number of nitrogens with zero attached hydrogens (tertiary/aromatic N) is 2. The summed E-state index contributed by atoms with van der Waals surface area (Å²) in [6.07, 6.45) is 2.19. The van der Waals surface area contributed by atoms with Gasteiger partial charge in [0.1, 0.15) is 0 Å². The van der Waals surface area contributed by atoms with E-state index in [1.54, 1.807) is 0 Å². The quantitative estimate of drug-likeness (QED) is 0.873. The monoisotopic (exact) mass is 352 g/mol. The largest absolute Gasteiger partial charge is 0.481 e. The molecule has 1 aromatic rings. The minimum absolute atomic E-state index is 0.186. The van der Waals surface area contributed by atoms with Gasteiger partial charge in [0.05, 0.1) is 10.8 Å². The van der Waals surface area contributed by atoms with Gasteiger partial charge in [-0.25, -0.2) is 8.42 Å². The topological polar surface area (TPSA) is 95.0 Å². The maximum absolute atomic E-state index is 12.5. The maximum atomic E-state index is 12.5. The van der Waals surface area contributed by atoms with Crippen LogP contribution in [0.2, 0.25) is 0 Å². The number of carbonyl (C=O) groups is 2. The molecule has 1 N–H and O–H groups in total. The van der Waals surface area contributed by atoms with Crippen LogP contribution in [0.5, 0.6) is 0 Å². The summed E-state index contributed by atoms with van der Waals surface area (Å²) in [6, 6.07) is 5.90. The molecular weight excluding hydrogens is 332 g/mol. The first-order chi connectivity index (χ1) is 11.4. The number of carbonyl (C=O) groups excluding carboxylic acids is 1. The van der Waals surface area contributed by atoms with Crippen LogP contribution in [0.25, 0.3) is 0 Å². The van der Waals surface area contributed by atoms with Crippen molar-refractivity contribution < 1.29 is 23.1 Å². The van der Waals surface area contributed by atoms with Gasteiger partial charge in [0.15, 0.2) is 0 Å². The molecule has 130 valence electrons. The SMILES string of the molecule is O=C(O)C1CCN(C(=O)c2ccc(S(=O)(=O)N3CCCC3)cc2)C1. The van der Waals surface area contributed by atoms with Gasteiger partial charge in [0, 0.05) is 31.7 Å². The molecule has 2 heterocycles. The predicted molar refractivity (Wildman–Crippen MR) is 86.1 cm³/mol. The summed E-state index contributed by atoms with van der Waals surface area (Å²) < 4.78 is 26.4. The number of rotatable bonds is 4. The first-order valence-corrected chi connectivity index (χ1v) is 9.46. The van der Waals surface area contributed by atoms with Crippen LogP contribution in [0.4, 0.5) is 0 Å². The smallest absolute Gasteiger partial charge is 0.308 e. The highest BCUT2D eigenvalue weighted by Gasteiger charge is 2.32. The molecule has 2 aliphatic heterocycles. The lowest BCUT2D eigenvalue weighted by Gasteiger charge is -2.17. The molecule has 1 atom stereocenters. The van der Waals surface area contributed by atoms with Crippen molar-refractivity contribution in [3.05, 3.63) is 29.8 Å². The molecule has 7 nitrogen and oxygen atoms in total. The van der Waals surface area contributed by atoms with E-state index >= 15 is 0 Å². The molecule has 1 amide bonds. The number of benzene rings is 1. The number of amides is 1. The molecule has 24 heavy (non-hydrogen) atoms. The summed E-state index contributed by atoms with van der Waals surface area (Å²) in [5, 5.41) is 9.00. The first kappa shape index (κ1) is 16.9. The molecule has 2 aliphatic rings. The van der Waals surface area contributed by atoms with Crippen LogP contribution in [-0.4, -0.2) is 60.8 Å². The highest BCUT2D eigenvalue weighted by Crippen LogP contribution is 2.23. The van der Waals surface area contributed by atoms with Crippen molar-refractivity contribution in [1.82, 2.24) is 9.21 Å². The minimum Gasteiger partial charge on any atom is -0.481 e. The average Bonchev–Trinajstić information content (AvgIpc) is 3.26. The van der Waals surface area contributed by atoms with Gasteiger partial charge >= 0.3 is 5.97 Å². The van der Waals surface area contributed by atoms with Crippen molar-refractivity contribution in [2.75, 3.05) is 26.2 Å². The Balaban J connectivity index is 1.73. The lowest BCUT2D eigenvalue weighted by atomic mass is 10.1. The predicted octanol–water partition coefficient (Wildman–Crippen LogP) is 1.02. The van der Waals surface area contributed by atoms with Crippen LogP contribution in [0.3, 0.4) is 0 Å². The molecular formula is C16H20N2O5S. The molecule has 0 aliphatic carbocycles. The number of aliphatic carboxylic acids is 1. The van der Waals surface area contributed by atoms with Gasteiger partial charge in [-0.15, -0.1) is 0 Å². The van der Waals surface area contributed by atoms with Crippen LogP contribution >= 0.6 is 0 Å². The molecule has 1 unspecified atom stereocenters. The summed E-state index contributed by atoms with van der Waals surface area (Å²) in [5.74, 6) is -1.68. The standard InChI is InChI=1S/C16H20N2O5S/c19-15(17-10-7-13(11-17)16(20)21)12-3-5-14(6-4-12)24(22,23)18-8-1-2-9-18/h3-6,13H,1-2,7-11H2,(H,20,21). The van der Waals surface area contributed by atoms with E-state index in [0.29, 0.717) is 31.6 Å². The Bertz CT molecular complexity index is 738. The lowest BCUT2D eigenvalue weighted by Crippen LogP contribution is -2.30. The van der Waals surface area contributed by atoms with E-state index in [1.165, 1.54) is 33.5 Å². The zero-order valence-corrected chi connectivity index (χ0v) is 14.0. The van der Waals surface area contributed by atoms with Crippen LogP contribution < -0.4 is 0 Å². The second-order valence-corrected chi connectivity index (χ2v) is 8.15. The van der Waals surface area contributed by atoms with Crippen molar-refractivity contribution in [3.8, 4) is 0 Å². The van der Waals surface area contributed by atoms with Gasteiger partial charge in [-0.05, 0) is 43.5 Å². The van der Waals surface area contributed by atoms with Crippen LogP contribution in [0.15, 0.2) is 29.2 Å². The van der Waals surface area contributed by atoms with Crippen molar-refractivity contribution >= 4 is 21.9 Å². The fourth-order valence-electron chi connectivity index (χ4n) is 3.18. The molecule has 0 saturated carbocycles. The molecule has 2 fully saturated rings. The van der Waals surface area contributed by atoms with E-state index in [0.717, 1.165) is 12.8 Å². The Labute approximate surface area is 140 Å². The van der Waals surface area contributed by atoms with Crippen molar-refractivity contribution in [2.45, 2.75) is 24.2 Å². The molecule has 2 saturated heterocycles. The van der Waals surface area contributed by atoms with Crippen molar-refractivity contribution in [3.63, 3.8) is 0 Å². The molecule has 1 aromatic carbocycles. The Morgan fingerprint density at radius 2 is 1.67 bits per heavy atom. The van der Waals surface area contributed by atoms with Gasteiger partial charge in [-0.2, -0.15) is 4.31 Å². The third kappa shape index (κ3) is 3.16. The van der Waals surface area contributed by atoms with E-state index in [9.17, 15) is 18.0 Å². The number of carboxylic acids is 1. The number of hydrogen-bond acceptors (Lipinski definition) is 4. The van der Waals surface area contributed by atoms with Crippen LogP contribution in [0.1, 0.15) is 29.6 Å². The highest BCUT2D eigenvalue weighted by atomic mass is 32.2. The van der Waals surface area contributed by atoms with E-state index < -0.39 is 21.9 Å². The molecule has 0 bridgehead atoms. The van der Waals surface area contributed by atoms with E-state index in [1.807, 2.05) is 0 Å². The molecule has 3 rings (SSSR count). The summed E-state index contributed by atoms with van der Waals surface area (Å²) in [7, 11) is -3.49. The number of hydrogen-bond donors (Lipinski definition) is 1. The van der Waals surface area contributed by atoms with Gasteiger partial charge < -0.3 is 10.0 Å². The minimum atomic E-state index is -3.49.